The fourth-order valence-corrected chi connectivity index (χ4v) is 2.46. The molecule has 2 aromatic rings. The maximum atomic E-state index is 13.1. The molecule has 2 aromatic carbocycles. The Bertz CT molecular complexity index is 633. The Morgan fingerprint density at radius 2 is 1.57 bits per heavy atom. The van der Waals surface area contributed by atoms with Crippen molar-refractivity contribution in [3.05, 3.63) is 71.0 Å². The number of aliphatic hydroxyl groups is 1. The minimum absolute atomic E-state index is 0.349. The van der Waals surface area contributed by atoms with Gasteiger partial charge in [0.1, 0.15) is 11.4 Å². The summed E-state index contributed by atoms with van der Waals surface area (Å²) in [7, 11) is 0. The largest absolute Gasteiger partial charge is 0.380 e. The first-order valence-electron chi connectivity index (χ1n) is 6.65. The van der Waals surface area contributed by atoms with Crippen molar-refractivity contribution < 1.29 is 9.50 Å². The second-order valence-electron chi connectivity index (χ2n) is 4.85. The molecule has 0 aliphatic heterocycles. The number of hydrogen-bond donors (Lipinski definition) is 1. The molecule has 0 spiro atoms. The van der Waals surface area contributed by atoms with E-state index in [9.17, 15) is 9.50 Å². The van der Waals surface area contributed by atoms with Gasteiger partial charge in [-0.05, 0) is 48.2 Å². The van der Waals surface area contributed by atoms with Gasteiger partial charge in [-0.1, -0.05) is 24.3 Å². The number of nitrogens with zero attached hydrogens (tertiary/aromatic N) is 1. The predicted molar refractivity (Wildman–Crippen MR) is 80.5 cm³/mol. The SMILES string of the molecule is N#Cc1ccc(C(O)(CCCCl)c2ccc(F)cc2)cc1. The van der Waals surface area contributed by atoms with E-state index in [0.717, 1.165) is 0 Å². The summed E-state index contributed by atoms with van der Waals surface area (Å²) < 4.78 is 13.1. The molecule has 0 fully saturated rings. The highest BCUT2D eigenvalue weighted by Crippen LogP contribution is 2.34. The average molecular weight is 304 g/mol. The van der Waals surface area contributed by atoms with Crippen molar-refractivity contribution in [2.75, 3.05) is 5.88 Å². The molecule has 0 saturated heterocycles. The summed E-state index contributed by atoms with van der Waals surface area (Å²) in [5.74, 6) is 0.0815. The van der Waals surface area contributed by atoms with E-state index in [1.165, 1.54) is 12.1 Å². The van der Waals surface area contributed by atoms with Crippen LogP contribution in [0.1, 0.15) is 29.5 Å². The second-order valence-corrected chi connectivity index (χ2v) is 5.23. The number of halogens is 2. The molecule has 1 atom stereocenters. The molecule has 0 aliphatic rings. The molecule has 4 heteroatoms. The van der Waals surface area contributed by atoms with Gasteiger partial charge in [-0.3, -0.25) is 0 Å². The summed E-state index contributed by atoms with van der Waals surface area (Å²) in [6.45, 7) is 0. The molecule has 1 N–H and O–H groups in total. The Balaban J connectivity index is 2.44. The molecule has 0 heterocycles. The minimum atomic E-state index is -1.24. The Kier molecular flexibility index (Phi) is 4.95. The van der Waals surface area contributed by atoms with Crippen LogP contribution in [0.2, 0.25) is 0 Å². The van der Waals surface area contributed by atoms with Crippen LogP contribution in [0.25, 0.3) is 0 Å². The van der Waals surface area contributed by atoms with E-state index in [2.05, 4.69) is 0 Å². The molecule has 0 aliphatic carbocycles. The van der Waals surface area contributed by atoms with Crippen LogP contribution in [0.3, 0.4) is 0 Å². The van der Waals surface area contributed by atoms with Crippen LogP contribution in [-0.2, 0) is 5.60 Å². The van der Waals surface area contributed by atoms with Crippen LogP contribution in [-0.4, -0.2) is 11.0 Å². The van der Waals surface area contributed by atoms with E-state index in [4.69, 9.17) is 16.9 Å². The lowest BCUT2D eigenvalue weighted by molar-refractivity contribution is 0.0703. The van der Waals surface area contributed by atoms with E-state index in [1.807, 2.05) is 6.07 Å². The van der Waals surface area contributed by atoms with Gasteiger partial charge in [0.25, 0.3) is 0 Å². The molecular weight excluding hydrogens is 289 g/mol. The first-order chi connectivity index (χ1) is 10.1. The summed E-state index contributed by atoms with van der Waals surface area (Å²) in [6, 6.07) is 14.6. The van der Waals surface area contributed by atoms with Crippen molar-refractivity contribution in [2.24, 2.45) is 0 Å². The first kappa shape index (κ1) is 15.5. The molecular formula is C17H15ClFNO. The van der Waals surface area contributed by atoms with Crippen molar-refractivity contribution in [1.82, 2.24) is 0 Å². The molecule has 2 rings (SSSR count). The number of benzene rings is 2. The molecule has 108 valence electrons. The van der Waals surface area contributed by atoms with Crippen molar-refractivity contribution in [3.63, 3.8) is 0 Å². The van der Waals surface area contributed by atoms with Gasteiger partial charge >= 0.3 is 0 Å². The summed E-state index contributed by atoms with van der Waals surface area (Å²) >= 11 is 5.74. The highest BCUT2D eigenvalue weighted by molar-refractivity contribution is 6.17. The molecule has 1 unspecified atom stereocenters. The van der Waals surface area contributed by atoms with Crippen molar-refractivity contribution in [2.45, 2.75) is 18.4 Å². The Labute approximate surface area is 128 Å². The number of hydrogen-bond acceptors (Lipinski definition) is 2. The van der Waals surface area contributed by atoms with E-state index in [-0.39, 0.29) is 5.82 Å². The van der Waals surface area contributed by atoms with Crippen LogP contribution in [0, 0.1) is 17.1 Å². The molecule has 0 amide bonds. The van der Waals surface area contributed by atoms with Crippen molar-refractivity contribution >= 4 is 11.6 Å². The third-order valence-electron chi connectivity index (χ3n) is 3.49. The van der Waals surface area contributed by atoms with Crippen LogP contribution in [0.5, 0.6) is 0 Å². The van der Waals surface area contributed by atoms with E-state index < -0.39 is 5.60 Å². The highest BCUT2D eigenvalue weighted by Gasteiger charge is 2.30. The van der Waals surface area contributed by atoms with E-state index in [0.29, 0.717) is 35.4 Å². The summed E-state index contributed by atoms with van der Waals surface area (Å²) in [6.07, 6.45) is 1.05. The lowest BCUT2D eigenvalue weighted by Gasteiger charge is -2.29. The van der Waals surface area contributed by atoms with Gasteiger partial charge in [-0.2, -0.15) is 5.26 Å². The minimum Gasteiger partial charge on any atom is -0.380 e. The summed E-state index contributed by atoms with van der Waals surface area (Å²) in [5.41, 5.74) is 0.561. The normalized spacial score (nSPS) is 13.4. The van der Waals surface area contributed by atoms with Crippen LogP contribution < -0.4 is 0 Å². The number of nitriles is 1. The smallest absolute Gasteiger partial charge is 0.123 e. The maximum absolute atomic E-state index is 13.1. The lowest BCUT2D eigenvalue weighted by atomic mass is 9.82. The quantitative estimate of drug-likeness (QED) is 0.850. The van der Waals surface area contributed by atoms with Gasteiger partial charge in [0, 0.05) is 5.88 Å². The van der Waals surface area contributed by atoms with Crippen LogP contribution in [0.4, 0.5) is 4.39 Å². The molecule has 2 nitrogen and oxygen atoms in total. The van der Waals surface area contributed by atoms with Gasteiger partial charge in [0.05, 0.1) is 11.6 Å². The zero-order valence-electron chi connectivity index (χ0n) is 11.4. The number of rotatable bonds is 5. The van der Waals surface area contributed by atoms with Crippen molar-refractivity contribution in [1.29, 1.82) is 5.26 Å². The molecule has 0 aromatic heterocycles. The number of alkyl halides is 1. The Morgan fingerprint density at radius 3 is 2.05 bits per heavy atom. The van der Waals surface area contributed by atoms with Gasteiger partial charge in [-0.25, -0.2) is 4.39 Å². The van der Waals surface area contributed by atoms with Gasteiger partial charge in [0.2, 0.25) is 0 Å². The third kappa shape index (κ3) is 3.41. The van der Waals surface area contributed by atoms with Gasteiger partial charge in [-0.15, -0.1) is 11.6 Å². The predicted octanol–water partition coefficient (Wildman–Crippen LogP) is 3.95. The fourth-order valence-electron chi connectivity index (χ4n) is 2.32. The van der Waals surface area contributed by atoms with Gasteiger partial charge < -0.3 is 5.11 Å². The zero-order valence-corrected chi connectivity index (χ0v) is 12.1. The third-order valence-corrected chi connectivity index (χ3v) is 3.75. The van der Waals surface area contributed by atoms with E-state index in [1.54, 1.807) is 36.4 Å². The molecule has 0 radical (unpaired) electrons. The molecule has 21 heavy (non-hydrogen) atoms. The fraction of sp³-hybridized carbons (Fsp3) is 0.235. The Hall–Kier alpha value is -1.89. The van der Waals surface area contributed by atoms with Crippen LogP contribution in [0.15, 0.2) is 48.5 Å². The lowest BCUT2D eigenvalue weighted by Crippen LogP contribution is -2.27. The summed E-state index contributed by atoms with van der Waals surface area (Å²) in [5, 5.41) is 19.9. The second kappa shape index (κ2) is 6.71. The average Bonchev–Trinajstić information content (AvgIpc) is 2.53. The topological polar surface area (TPSA) is 44.0 Å². The standard InChI is InChI=1S/C17H15ClFNO/c18-11-1-10-17(21,15-6-8-16(19)9-7-15)14-4-2-13(12-20)3-5-14/h2-9,21H,1,10-11H2. The monoisotopic (exact) mass is 303 g/mol. The molecule has 0 saturated carbocycles. The van der Waals surface area contributed by atoms with Gasteiger partial charge in [0.15, 0.2) is 0 Å². The Morgan fingerprint density at radius 1 is 1.05 bits per heavy atom. The summed E-state index contributed by atoms with van der Waals surface area (Å²) in [4.78, 5) is 0. The van der Waals surface area contributed by atoms with E-state index >= 15 is 0 Å². The maximum Gasteiger partial charge on any atom is 0.123 e. The zero-order chi connectivity index (χ0) is 15.3. The molecule has 0 bridgehead atoms. The van der Waals surface area contributed by atoms with Crippen LogP contribution >= 0.6 is 11.6 Å². The van der Waals surface area contributed by atoms with Crippen molar-refractivity contribution in [3.8, 4) is 6.07 Å². The first-order valence-corrected chi connectivity index (χ1v) is 7.18. The highest BCUT2D eigenvalue weighted by atomic mass is 35.5.